The van der Waals surface area contributed by atoms with Crippen molar-refractivity contribution in [1.82, 2.24) is 15.2 Å². The van der Waals surface area contributed by atoms with Gasteiger partial charge in [0.2, 0.25) is 5.82 Å². The molecular weight excluding hydrogens is 286 g/mol. The molecule has 0 saturated carbocycles. The number of para-hydroxylation sites is 1. The maximum Gasteiger partial charge on any atom is 0.226 e. The molecule has 0 unspecified atom stereocenters. The topological polar surface area (TPSA) is 47.9 Å². The van der Waals surface area contributed by atoms with Gasteiger partial charge in [0.05, 0.1) is 11.9 Å². The summed E-state index contributed by atoms with van der Waals surface area (Å²) in [7, 11) is 0. The average molecular weight is 301 g/mol. The molecule has 0 atom stereocenters. The zero-order valence-corrected chi connectivity index (χ0v) is 12.9. The highest BCUT2D eigenvalue weighted by molar-refractivity contribution is 5.46. The average Bonchev–Trinajstić information content (AvgIpc) is 2.56. The minimum atomic E-state index is 0.423. The van der Waals surface area contributed by atoms with Gasteiger partial charge in [-0.25, -0.2) is 4.98 Å². The van der Waals surface area contributed by atoms with Crippen molar-refractivity contribution in [3.05, 3.63) is 77.4 Å². The van der Waals surface area contributed by atoms with Gasteiger partial charge in [-0.15, -0.1) is 5.10 Å². The molecule has 4 heteroatoms. The van der Waals surface area contributed by atoms with Gasteiger partial charge in [0.15, 0.2) is 0 Å². The van der Waals surface area contributed by atoms with Crippen LogP contribution in [0.15, 0.2) is 54.7 Å². The first kappa shape index (κ1) is 14.7. The molecule has 112 valence electrons. The first-order valence-electron chi connectivity index (χ1n) is 7.22. The number of aromatic nitrogens is 3. The largest absolute Gasteiger partial charge is 0.457 e. The first-order valence-corrected chi connectivity index (χ1v) is 7.22. The lowest BCUT2D eigenvalue weighted by Crippen LogP contribution is -1.94. The molecule has 0 fully saturated rings. The molecule has 3 rings (SSSR count). The van der Waals surface area contributed by atoms with E-state index in [4.69, 9.17) is 4.74 Å². The molecule has 0 aliphatic rings. The minimum absolute atomic E-state index is 0.423. The van der Waals surface area contributed by atoms with Gasteiger partial charge >= 0.3 is 0 Å². The third-order valence-corrected chi connectivity index (χ3v) is 3.14. The molecule has 2 aromatic carbocycles. The van der Waals surface area contributed by atoms with Gasteiger partial charge in [-0.2, -0.15) is 5.10 Å². The standard InChI is InChI=1S/C19H15N3O/c1-14-12-16(9-11-19-21-15(2)13-20-22-19)8-10-18(14)23-17-6-4-3-5-7-17/h3-8,10,12-13H,1-2H3. The number of rotatable bonds is 2. The van der Waals surface area contributed by atoms with E-state index in [1.807, 2.05) is 62.4 Å². The highest BCUT2D eigenvalue weighted by Gasteiger charge is 2.02. The van der Waals surface area contributed by atoms with E-state index in [-0.39, 0.29) is 0 Å². The smallest absolute Gasteiger partial charge is 0.226 e. The fourth-order valence-corrected chi connectivity index (χ4v) is 2.02. The van der Waals surface area contributed by atoms with Gasteiger partial charge in [-0.3, -0.25) is 0 Å². The van der Waals surface area contributed by atoms with E-state index in [1.54, 1.807) is 6.20 Å². The van der Waals surface area contributed by atoms with E-state index in [9.17, 15) is 0 Å². The highest BCUT2D eigenvalue weighted by Crippen LogP contribution is 2.25. The molecule has 0 amide bonds. The van der Waals surface area contributed by atoms with Crippen LogP contribution in [0.2, 0.25) is 0 Å². The molecule has 0 bridgehead atoms. The molecule has 0 spiro atoms. The van der Waals surface area contributed by atoms with Gasteiger partial charge in [-0.1, -0.05) is 24.1 Å². The van der Waals surface area contributed by atoms with Crippen molar-refractivity contribution in [2.24, 2.45) is 0 Å². The van der Waals surface area contributed by atoms with E-state index in [0.717, 1.165) is 28.3 Å². The Morgan fingerprint density at radius 3 is 2.52 bits per heavy atom. The summed E-state index contributed by atoms with van der Waals surface area (Å²) in [5.41, 5.74) is 2.70. The lowest BCUT2D eigenvalue weighted by Gasteiger charge is -2.08. The second kappa shape index (κ2) is 6.71. The lowest BCUT2D eigenvalue weighted by molar-refractivity contribution is 0.479. The Kier molecular flexibility index (Phi) is 4.30. The predicted octanol–water partition coefficient (Wildman–Crippen LogP) is 3.68. The predicted molar refractivity (Wildman–Crippen MR) is 88.2 cm³/mol. The number of aryl methyl sites for hydroxylation is 2. The van der Waals surface area contributed by atoms with E-state index >= 15 is 0 Å². The maximum atomic E-state index is 5.86. The summed E-state index contributed by atoms with van der Waals surface area (Å²) in [6.45, 7) is 3.86. The third-order valence-electron chi connectivity index (χ3n) is 3.14. The molecule has 0 saturated heterocycles. The van der Waals surface area contributed by atoms with E-state index in [1.165, 1.54) is 0 Å². The Bertz CT molecular complexity index is 880. The van der Waals surface area contributed by atoms with Gasteiger partial charge in [0, 0.05) is 5.56 Å². The van der Waals surface area contributed by atoms with Crippen molar-refractivity contribution < 1.29 is 4.74 Å². The van der Waals surface area contributed by atoms with Crippen LogP contribution >= 0.6 is 0 Å². The second-order valence-corrected chi connectivity index (χ2v) is 5.07. The van der Waals surface area contributed by atoms with Crippen LogP contribution in [0.4, 0.5) is 0 Å². The fourth-order valence-electron chi connectivity index (χ4n) is 2.02. The Morgan fingerprint density at radius 1 is 0.957 bits per heavy atom. The minimum Gasteiger partial charge on any atom is -0.457 e. The number of hydrogen-bond donors (Lipinski definition) is 0. The van der Waals surface area contributed by atoms with Crippen molar-refractivity contribution in [2.75, 3.05) is 0 Å². The molecule has 0 radical (unpaired) electrons. The molecule has 0 N–H and O–H groups in total. The molecule has 4 nitrogen and oxygen atoms in total. The van der Waals surface area contributed by atoms with Gasteiger partial charge in [0.25, 0.3) is 0 Å². The Balaban J connectivity index is 1.80. The monoisotopic (exact) mass is 301 g/mol. The number of hydrogen-bond acceptors (Lipinski definition) is 4. The van der Waals surface area contributed by atoms with Gasteiger partial charge < -0.3 is 4.74 Å². The van der Waals surface area contributed by atoms with Crippen LogP contribution in [0.1, 0.15) is 22.6 Å². The summed E-state index contributed by atoms with van der Waals surface area (Å²) >= 11 is 0. The van der Waals surface area contributed by atoms with Crippen LogP contribution in [-0.2, 0) is 0 Å². The van der Waals surface area contributed by atoms with Crippen LogP contribution in [0.5, 0.6) is 11.5 Å². The third kappa shape index (κ3) is 3.92. The summed E-state index contributed by atoms with van der Waals surface area (Å²) in [6, 6.07) is 15.5. The number of ether oxygens (including phenoxy) is 1. The molecular formula is C19H15N3O. The van der Waals surface area contributed by atoms with E-state index in [2.05, 4.69) is 27.0 Å². The van der Waals surface area contributed by atoms with Gasteiger partial charge in [0.1, 0.15) is 11.5 Å². The lowest BCUT2D eigenvalue weighted by atomic mass is 10.1. The summed E-state index contributed by atoms with van der Waals surface area (Å²) in [4.78, 5) is 4.21. The normalized spacial score (nSPS) is 9.83. The molecule has 3 aromatic rings. The zero-order chi connectivity index (χ0) is 16.1. The van der Waals surface area contributed by atoms with E-state index < -0.39 is 0 Å². The molecule has 0 aliphatic carbocycles. The summed E-state index contributed by atoms with van der Waals surface area (Å²) in [5, 5.41) is 7.73. The van der Waals surface area contributed by atoms with Crippen molar-refractivity contribution in [3.63, 3.8) is 0 Å². The molecule has 1 heterocycles. The van der Waals surface area contributed by atoms with Gasteiger partial charge in [-0.05, 0) is 55.7 Å². The van der Waals surface area contributed by atoms with Crippen molar-refractivity contribution in [3.8, 4) is 23.3 Å². The Hall–Kier alpha value is -3.19. The van der Waals surface area contributed by atoms with Crippen LogP contribution < -0.4 is 4.74 Å². The summed E-state index contributed by atoms with van der Waals surface area (Å²) in [6.07, 6.45) is 1.60. The quantitative estimate of drug-likeness (QED) is 0.677. The maximum absolute atomic E-state index is 5.86. The van der Waals surface area contributed by atoms with Crippen LogP contribution in [0, 0.1) is 25.7 Å². The number of nitrogens with zero attached hydrogens (tertiary/aromatic N) is 3. The molecule has 23 heavy (non-hydrogen) atoms. The summed E-state index contributed by atoms with van der Waals surface area (Å²) < 4.78 is 5.86. The van der Waals surface area contributed by atoms with Crippen LogP contribution in [0.3, 0.4) is 0 Å². The first-order chi connectivity index (χ1) is 11.2. The van der Waals surface area contributed by atoms with E-state index in [0.29, 0.717) is 5.82 Å². The van der Waals surface area contributed by atoms with Crippen LogP contribution in [-0.4, -0.2) is 15.2 Å². The highest BCUT2D eigenvalue weighted by atomic mass is 16.5. The Morgan fingerprint density at radius 2 is 1.78 bits per heavy atom. The molecule has 1 aromatic heterocycles. The second-order valence-electron chi connectivity index (χ2n) is 5.07. The van der Waals surface area contributed by atoms with Crippen molar-refractivity contribution in [2.45, 2.75) is 13.8 Å². The number of benzene rings is 2. The zero-order valence-electron chi connectivity index (χ0n) is 12.9. The van der Waals surface area contributed by atoms with Crippen molar-refractivity contribution in [1.29, 1.82) is 0 Å². The van der Waals surface area contributed by atoms with Crippen LogP contribution in [0.25, 0.3) is 0 Å². The van der Waals surface area contributed by atoms with Crippen molar-refractivity contribution >= 4 is 0 Å². The summed E-state index contributed by atoms with van der Waals surface area (Å²) in [5.74, 6) is 8.02. The molecule has 0 aliphatic heterocycles. The Labute approximate surface area is 135 Å². The SMILES string of the molecule is Cc1cnnc(C#Cc2ccc(Oc3ccccc3)c(C)c2)n1. The fraction of sp³-hybridized carbons (Fsp3) is 0.105.